The predicted octanol–water partition coefficient (Wildman–Crippen LogP) is 2.30. The van der Waals surface area contributed by atoms with E-state index in [4.69, 9.17) is 4.52 Å². The summed E-state index contributed by atoms with van der Waals surface area (Å²) in [5.74, 6) is -0.789. The van der Waals surface area contributed by atoms with Crippen molar-refractivity contribution in [3.05, 3.63) is 53.9 Å². The second kappa shape index (κ2) is 4.04. The first-order valence-electron chi connectivity index (χ1n) is 4.44. The molecule has 1 heterocycles. The Balaban J connectivity index is 2.42. The minimum absolute atomic E-state index is 0.216. The van der Waals surface area contributed by atoms with E-state index in [1.807, 2.05) is 0 Å². The van der Waals surface area contributed by atoms with Gasteiger partial charge in [-0.2, -0.15) is 4.39 Å². The predicted molar refractivity (Wildman–Crippen MR) is 50.9 cm³/mol. The standard InChI is InChI=1S/C11H8FNO2/c12-11(14)10(9-6-7-13-15-9)8-4-2-1-3-5-8/h1-7,10H. The molecule has 0 spiro atoms. The molecule has 0 aliphatic rings. The topological polar surface area (TPSA) is 43.1 Å². The van der Waals surface area contributed by atoms with Gasteiger partial charge in [0.1, 0.15) is 5.92 Å². The van der Waals surface area contributed by atoms with Gasteiger partial charge >= 0.3 is 6.04 Å². The van der Waals surface area contributed by atoms with E-state index in [0.717, 1.165) is 0 Å². The molecule has 0 aliphatic carbocycles. The van der Waals surface area contributed by atoms with E-state index in [-0.39, 0.29) is 5.76 Å². The molecule has 3 nitrogen and oxygen atoms in total. The molecule has 0 saturated carbocycles. The van der Waals surface area contributed by atoms with Crippen molar-refractivity contribution < 1.29 is 13.7 Å². The lowest BCUT2D eigenvalue weighted by Crippen LogP contribution is -2.08. The zero-order valence-electron chi connectivity index (χ0n) is 7.76. The number of hydrogen-bond acceptors (Lipinski definition) is 3. The summed E-state index contributed by atoms with van der Waals surface area (Å²) in [6.45, 7) is 0. The smallest absolute Gasteiger partial charge is 0.316 e. The second-order valence-electron chi connectivity index (χ2n) is 3.06. The highest BCUT2D eigenvalue weighted by Gasteiger charge is 2.25. The van der Waals surface area contributed by atoms with Crippen LogP contribution in [-0.4, -0.2) is 11.2 Å². The first kappa shape index (κ1) is 9.58. The third kappa shape index (κ3) is 1.93. The second-order valence-corrected chi connectivity index (χ2v) is 3.06. The Morgan fingerprint density at radius 2 is 2.00 bits per heavy atom. The lowest BCUT2D eigenvalue weighted by Gasteiger charge is -2.07. The molecule has 0 aliphatic heterocycles. The molecule has 2 aromatic rings. The first-order valence-corrected chi connectivity index (χ1v) is 4.44. The highest BCUT2D eigenvalue weighted by Crippen LogP contribution is 2.25. The van der Waals surface area contributed by atoms with Gasteiger partial charge in [0.2, 0.25) is 0 Å². The highest BCUT2D eigenvalue weighted by atomic mass is 19.1. The van der Waals surface area contributed by atoms with Gasteiger partial charge in [-0.25, -0.2) is 0 Å². The van der Waals surface area contributed by atoms with Crippen LogP contribution in [0.25, 0.3) is 0 Å². The number of aromatic nitrogens is 1. The molecule has 4 heteroatoms. The van der Waals surface area contributed by atoms with E-state index >= 15 is 0 Å². The SMILES string of the molecule is O=C(F)C(c1ccccc1)c1ccno1. The summed E-state index contributed by atoms with van der Waals surface area (Å²) in [7, 11) is 0. The Kier molecular flexibility index (Phi) is 2.58. The van der Waals surface area contributed by atoms with Gasteiger partial charge in [0.25, 0.3) is 0 Å². The van der Waals surface area contributed by atoms with Crippen LogP contribution in [0.2, 0.25) is 0 Å². The van der Waals surface area contributed by atoms with Crippen molar-refractivity contribution in [3.8, 4) is 0 Å². The molecule has 1 aromatic heterocycles. The monoisotopic (exact) mass is 205 g/mol. The lowest BCUT2D eigenvalue weighted by molar-refractivity contribution is -0.130. The van der Waals surface area contributed by atoms with E-state index in [0.29, 0.717) is 5.56 Å². The molecular weight excluding hydrogens is 197 g/mol. The van der Waals surface area contributed by atoms with Crippen molar-refractivity contribution in [1.82, 2.24) is 5.16 Å². The van der Waals surface area contributed by atoms with E-state index < -0.39 is 12.0 Å². The van der Waals surface area contributed by atoms with Crippen LogP contribution < -0.4 is 0 Å². The van der Waals surface area contributed by atoms with Crippen LogP contribution in [0.1, 0.15) is 17.2 Å². The van der Waals surface area contributed by atoms with Crippen LogP contribution in [0.15, 0.2) is 47.1 Å². The number of hydrogen-bond donors (Lipinski definition) is 0. The summed E-state index contributed by atoms with van der Waals surface area (Å²) in [5.41, 5.74) is 0.557. The van der Waals surface area contributed by atoms with Crippen LogP contribution in [0.5, 0.6) is 0 Å². The van der Waals surface area contributed by atoms with Gasteiger partial charge in [0.05, 0.1) is 6.20 Å². The van der Waals surface area contributed by atoms with Crippen molar-refractivity contribution in [1.29, 1.82) is 0 Å². The molecule has 15 heavy (non-hydrogen) atoms. The highest BCUT2D eigenvalue weighted by molar-refractivity contribution is 5.80. The average molecular weight is 205 g/mol. The fourth-order valence-electron chi connectivity index (χ4n) is 1.43. The maximum atomic E-state index is 12.9. The maximum Gasteiger partial charge on any atom is 0.316 e. The lowest BCUT2D eigenvalue weighted by atomic mass is 9.97. The third-order valence-electron chi connectivity index (χ3n) is 2.10. The number of carbonyl (C=O) groups is 1. The molecule has 0 saturated heterocycles. The quantitative estimate of drug-likeness (QED) is 0.722. The minimum atomic E-state index is -1.45. The molecule has 0 amide bonds. The fraction of sp³-hybridized carbons (Fsp3) is 0.0909. The molecule has 76 valence electrons. The largest absolute Gasteiger partial charge is 0.360 e. The summed E-state index contributed by atoms with van der Waals surface area (Å²) < 4.78 is 17.7. The Hall–Kier alpha value is -1.97. The van der Waals surface area contributed by atoms with E-state index in [1.54, 1.807) is 30.3 Å². The van der Waals surface area contributed by atoms with Crippen molar-refractivity contribution in [2.45, 2.75) is 5.92 Å². The number of benzene rings is 1. The Labute approximate surface area is 85.5 Å². The van der Waals surface area contributed by atoms with Gasteiger partial charge in [-0.3, -0.25) is 4.79 Å². The zero-order valence-corrected chi connectivity index (χ0v) is 7.76. The van der Waals surface area contributed by atoms with E-state index in [9.17, 15) is 9.18 Å². The Bertz CT molecular complexity index is 439. The average Bonchev–Trinajstić information content (AvgIpc) is 2.72. The summed E-state index contributed by atoms with van der Waals surface area (Å²) in [6, 6.07) is 8.65. The molecule has 2 rings (SSSR count). The number of nitrogens with zero attached hydrogens (tertiary/aromatic N) is 1. The van der Waals surface area contributed by atoms with Crippen molar-refractivity contribution in [2.75, 3.05) is 0 Å². The molecule has 0 bridgehead atoms. The van der Waals surface area contributed by atoms with Gasteiger partial charge in [-0.05, 0) is 5.56 Å². The third-order valence-corrected chi connectivity index (χ3v) is 2.10. The molecule has 0 fully saturated rings. The van der Waals surface area contributed by atoms with Gasteiger partial charge in [-0.15, -0.1) is 0 Å². The number of halogens is 1. The van der Waals surface area contributed by atoms with Gasteiger partial charge < -0.3 is 4.52 Å². The van der Waals surface area contributed by atoms with Gasteiger partial charge in [0.15, 0.2) is 5.76 Å². The number of rotatable bonds is 3. The molecule has 1 unspecified atom stereocenters. The molecule has 1 aromatic carbocycles. The van der Waals surface area contributed by atoms with Gasteiger partial charge in [0, 0.05) is 6.07 Å². The first-order chi connectivity index (χ1) is 7.29. The molecule has 0 N–H and O–H groups in total. The van der Waals surface area contributed by atoms with Crippen LogP contribution >= 0.6 is 0 Å². The van der Waals surface area contributed by atoms with Crippen LogP contribution in [0, 0.1) is 0 Å². The van der Waals surface area contributed by atoms with Crippen LogP contribution in [0.4, 0.5) is 4.39 Å². The molecule has 1 atom stereocenters. The zero-order chi connectivity index (χ0) is 10.7. The Morgan fingerprint density at radius 1 is 1.27 bits per heavy atom. The normalized spacial score (nSPS) is 12.3. The van der Waals surface area contributed by atoms with Crippen LogP contribution in [0.3, 0.4) is 0 Å². The minimum Gasteiger partial charge on any atom is -0.360 e. The van der Waals surface area contributed by atoms with E-state index in [1.165, 1.54) is 12.3 Å². The molecular formula is C11H8FNO2. The van der Waals surface area contributed by atoms with Crippen molar-refractivity contribution in [3.63, 3.8) is 0 Å². The summed E-state index contributed by atoms with van der Waals surface area (Å²) in [6.07, 6.45) is 1.38. The van der Waals surface area contributed by atoms with Crippen LogP contribution in [-0.2, 0) is 4.79 Å². The van der Waals surface area contributed by atoms with Gasteiger partial charge in [-0.1, -0.05) is 35.5 Å². The number of carbonyl (C=O) groups excluding carboxylic acids is 1. The van der Waals surface area contributed by atoms with E-state index in [2.05, 4.69) is 5.16 Å². The van der Waals surface area contributed by atoms with Crippen molar-refractivity contribution >= 4 is 6.04 Å². The van der Waals surface area contributed by atoms with Crippen molar-refractivity contribution in [2.24, 2.45) is 0 Å². The summed E-state index contributed by atoms with van der Waals surface area (Å²) in [4.78, 5) is 10.9. The molecule has 0 radical (unpaired) electrons. The maximum absolute atomic E-state index is 12.9. The summed E-state index contributed by atoms with van der Waals surface area (Å²) >= 11 is 0. The Morgan fingerprint density at radius 3 is 2.53 bits per heavy atom. The summed E-state index contributed by atoms with van der Waals surface area (Å²) in [5, 5.41) is 3.46. The fourth-order valence-corrected chi connectivity index (χ4v) is 1.43.